The van der Waals surface area contributed by atoms with Crippen LogP contribution in [0.5, 0.6) is 5.75 Å². The molecular formula is C24H25N3O5S. The van der Waals surface area contributed by atoms with Crippen molar-refractivity contribution in [1.29, 1.82) is 0 Å². The SMILES string of the molecule is COc1ccc2oc(-c3noc(C4CCN(S(=O)(=O)c5ccc(C)cc5)CC4)n3)c(C)c2c1. The van der Waals surface area contributed by atoms with E-state index in [2.05, 4.69) is 10.1 Å². The Bertz CT molecular complexity index is 1400. The van der Waals surface area contributed by atoms with Gasteiger partial charge in [0, 0.05) is 30.0 Å². The van der Waals surface area contributed by atoms with E-state index in [9.17, 15) is 8.42 Å². The highest BCUT2D eigenvalue weighted by Crippen LogP contribution is 2.35. The van der Waals surface area contributed by atoms with Gasteiger partial charge in [-0.1, -0.05) is 22.9 Å². The summed E-state index contributed by atoms with van der Waals surface area (Å²) in [5.74, 6) is 2.22. The lowest BCUT2D eigenvalue weighted by Crippen LogP contribution is -2.37. The van der Waals surface area contributed by atoms with Crippen molar-refractivity contribution in [2.45, 2.75) is 37.5 Å². The monoisotopic (exact) mass is 467 g/mol. The van der Waals surface area contributed by atoms with E-state index in [1.165, 1.54) is 4.31 Å². The van der Waals surface area contributed by atoms with Crippen LogP contribution in [-0.2, 0) is 10.0 Å². The van der Waals surface area contributed by atoms with Crippen LogP contribution >= 0.6 is 0 Å². The van der Waals surface area contributed by atoms with E-state index in [0.29, 0.717) is 48.3 Å². The molecule has 1 aliphatic rings. The average Bonchev–Trinajstić information content (AvgIpc) is 3.44. The summed E-state index contributed by atoms with van der Waals surface area (Å²) in [6, 6.07) is 12.6. The Balaban J connectivity index is 1.32. The van der Waals surface area contributed by atoms with Crippen molar-refractivity contribution in [2.24, 2.45) is 0 Å². The summed E-state index contributed by atoms with van der Waals surface area (Å²) in [7, 11) is -1.88. The van der Waals surface area contributed by atoms with Crippen LogP contribution in [0.25, 0.3) is 22.6 Å². The van der Waals surface area contributed by atoms with E-state index in [-0.39, 0.29) is 5.92 Å². The Kier molecular flexibility index (Phi) is 5.46. The number of aromatic nitrogens is 2. The first kappa shape index (κ1) is 21.7. The lowest BCUT2D eigenvalue weighted by atomic mass is 9.98. The quantitative estimate of drug-likeness (QED) is 0.420. The van der Waals surface area contributed by atoms with Crippen LogP contribution in [0.2, 0.25) is 0 Å². The smallest absolute Gasteiger partial charge is 0.243 e. The van der Waals surface area contributed by atoms with E-state index < -0.39 is 10.0 Å². The standard InChI is InChI=1S/C24H25N3O5S/c1-15-4-7-19(8-5-15)33(28,29)27-12-10-17(11-13-27)24-25-23(26-32-24)22-16(2)20-14-18(30-3)6-9-21(20)31-22/h4-9,14,17H,10-13H2,1-3H3. The van der Waals surface area contributed by atoms with Crippen molar-refractivity contribution in [1.82, 2.24) is 14.4 Å². The minimum Gasteiger partial charge on any atom is -0.497 e. The van der Waals surface area contributed by atoms with Crippen LogP contribution in [0.3, 0.4) is 0 Å². The molecule has 0 aliphatic carbocycles. The van der Waals surface area contributed by atoms with Gasteiger partial charge >= 0.3 is 0 Å². The lowest BCUT2D eigenvalue weighted by Gasteiger charge is -2.29. The maximum absolute atomic E-state index is 13.0. The number of furan rings is 1. The van der Waals surface area contributed by atoms with Gasteiger partial charge in [-0.3, -0.25) is 0 Å². The second kappa shape index (κ2) is 8.31. The fourth-order valence-corrected chi connectivity index (χ4v) is 5.71. The van der Waals surface area contributed by atoms with Crippen LogP contribution in [0.4, 0.5) is 0 Å². The zero-order valence-corrected chi connectivity index (χ0v) is 19.6. The lowest BCUT2D eigenvalue weighted by molar-refractivity contribution is 0.270. The number of ether oxygens (including phenoxy) is 1. The first-order valence-corrected chi connectivity index (χ1v) is 12.3. The summed E-state index contributed by atoms with van der Waals surface area (Å²) in [4.78, 5) is 4.91. The highest BCUT2D eigenvalue weighted by Gasteiger charge is 2.32. The van der Waals surface area contributed by atoms with Gasteiger partial charge in [-0.05, 0) is 57.0 Å². The van der Waals surface area contributed by atoms with Crippen molar-refractivity contribution in [2.75, 3.05) is 20.2 Å². The second-order valence-corrected chi connectivity index (χ2v) is 10.3. The molecule has 0 radical (unpaired) electrons. The highest BCUT2D eigenvalue weighted by atomic mass is 32.2. The molecule has 0 atom stereocenters. The third kappa shape index (κ3) is 3.91. The van der Waals surface area contributed by atoms with Crippen molar-refractivity contribution in [3.8, 4) is 17.3 Å². The van der Waals surface area contributed by atoms with Gasteiger partial charge in [0.2, 0.25) is 21.7 Å². The topological polar surface area (TPSA) is 98.7 Å². The maximum atomic E-state index is 13.0. The Morgan fingerprint density at radius 3 is 2.48 bits per heavy atom. The molecule has 3 heterocycles. The summed E-state index contributed by atoms with van der Waals surface area (Å²) in [6.07, 6.45) is 1.23. The molecule has 0 saturated carbocycles. The van der Waals surface area contributed by atoms with E-state index >= 15 is 0 Å². The van der Waals surface area contributed by atoms with E-state index in [1.54, 1.807) is 19.2 Å². The second-order valence-electron chi connectivity index (χ2n) is 8.37. The Labute approximate surface area is 192 Å². The molecule has 1 fully saturated rings. The molecule has 4 aromatic rings. The zero-order valence-electron chi connectivity index (χ0n) is 18.7. The molecule has 1 saturated heterocycles. The van der Waals surface area contributed by atoms with Crippen LogP contribution in [0, 0.1) is 13.8 Å². The van der Waals surface area contributed by atoms with Gasteiger partial charge in [0.25, 0.3) is 0 Å². The number of fused-ring (bicyclic) bond motifs is 1. The minimum absolute atomic E-state index is 0.000460. The number of rotatable bonds is 5. The van der Waals surface area contributed by atoms with Gasteiger partial charge in [0.1, 0.15) is 11.3 Å². The molecule has 2 aromatic heterocycles. The number of nitrogens with zero attached hydrogens (tertiary/aromatic N) is 3. The number of hydrogen-bond acceptors (Lipinski definition) is 7. The number of sulfonamides is 1. The number of piperidine rings is 1. The molecule has 0 spiro atoms. The molecule has 5 rings (SSSR count). The molecule has 172 valence electrons. The van der Waals surface area contributed by atoms with Crippen molar-refractivity contribution in [3.63, 3.8) is 0 Å². The Hall–Kier alpha value is -3.17. The van der Waals surface area contributed by atoms with Gasteiger partial charge in [-0.15, -0.1) is 0 Å². The zero-order chi connectivity index (χ0) is 23.2. The largest absolute Gasteiger partial charge is 0.497 e. The predicted molar refractivity (Wildman–Crippen MR) is 123 cm³/mol. The average molecular weight is 468 g/mol. The molecule has 0 amide bonds. The molecule has 0 bridgehead atoms. The summed E-state index contributed by atoms with van der Waals surface area (Å²) < 4.78 is 44.3. The normalized spacial score (nSPS) is 15.8. The van der Waals surface area contributed by atoms with E-state index in [1.807, 2.05) is 44.2 Å². The van der Waals surface area contributed by atoms with Gasteiger partial charge in [-0.2, -0.15) is 9.29 Å². The highest BCUT2D eigenvalue weighted by molar-refractivity contribution is 7.89. The summed E-state index contributed by atoms with van der Waals surface area (Å²) in [5, 5.41) is 5.08. The maximum Gasteiger partial charge on any atom is 0.243 e. The van der Waals surface area contributed by atoms with Crippen LogP contribution in [0.1, 0.15) is 35.8 Å². The predicted octanol–water partition coefficient (Wildman–Crippen LogP) is 4.68. The van der Waals surface area contributed by atoms with Crippen LogP contribution < -0.4 is 4.74 Å². The number of hydrogen-bond donors (Lipinski definition) is 0. The fraction of sp³-hybridized carbons (Fsp3) is 0.333. The summed E-state index contributed by atoms with van der Waals surface area (Å²) in [5.41, 5.74) is 2.67. The number of methoxy groups -OCH3 is 1. The molecule has 9 heteroatoms. The molecule has 0 unspecified atom stereocenters. The first-order valence-electron chi connectivity index (χ1n) is 10.8. The molecule has 1 aliphatic heterocycles. The van der Waals surface area contributed by atoms with Gasteiger partial charge in [0.05, 0.1) is 12.0 Å². The van der Waals surface area contributed by atoms with Crippen molar-refractivity contribution < 1.29 is 22.1 Å². The Morgan fingerprint density at radius 2 is 1.79 bits per heavy atom. The summed E-state index contributed by atoms with van der Waals surface area (Å²) >= 11 is 0. The van der Waals surface area contributed by atoms with Crippen LogP contribution in [-0.4, -0.2) is 43.1 Å². The van der Waals surface area contributed by atoms with Crippen molar-refractivity contribution in [3.05, 3.63) is 59.5 Å². The minimum atomic E-state index is -3.51. The third-order valence-electron chi connectivity index (χ3n) is 6.25. The number of benzene rings is 2. The van der Waals surface area contributed by atoms with Gasteiger partial charge < -0.3 is 13.7 Å². The first-order chi connectivity index (χ1) is 15.9. The van der Waals surface area contributed by atoms with Gasteiger partial charge in [-0.25, -0.2) is 8.42 Å². The number of aryl methyl sites for hydroxylation is 2. The van der Waals surface area contributed by atoms with Crippen molar-refractivity contribution >= 4 is 21.0 Å². The van der Waals surface area contributed by atoms with E-state index in [4.69, 9.17) is 13.7 Å². The molecule has 8 nitrogen and oxygen atoms in total. The summed E-state index contributed by atoms with van der Waals surface area (Å²) in [6.45, 7) is 4.69. The third-order valence-corrected chi connectivity index (χ3v) is 8.16. The molecule has 0 N–H and O–H groups in total. The molecule has 2 aromatic carbocycles. The van der Waals surface area contributed by atoms with Crippen LogP contribution in [0.15, 0.2) is 56.3 Å². The van der Waals surface area contributed by atoms with E-state index in [0.717, 1.165) is 27.8 Å². The fourth-order valence-electron chi connectivity index (χ4n) is 4.24. The molecule has 33 heavy (non-hydrogen) atoms. The van der Waals surface area contributed by atoms with Gasteiger partial charge in [0.15, 0.2) is 5.76 Å². The molecular weight excluding hydrogens is 442 g/mol. The Morgan fingerprint density at radius 1 is 1.06 bits per heavy atom.